The van der Waals surface area contributed by atoms with Crippen LogP contribution in [0.5, 0.6) is 11.5 Å². The quantitative estimate of drug-likeness (QED) is 0.850. The van der Waals surface area contributed by atoms with Crippen molar-refractivity contribution in [2.75, 3.05) is 13.2 Å². The number of rotatable bonds is 6. The Hall–Kier alpha value is -2.00. The molecule has 3 nitrogen and oxygen atoms in total. The predicted molar refractivity (Wildman–Crippen MR) is 79.1 cm³/mol. The molecule has 1 atom stereocenters. The van der Waals surface area contributed by atoms with E-state index in [9.17, 15) is 5.11 Å². The highest BCUT2D eigenvalue weighted by atomic mass is 16.5. The standard InChI is InChI=1S/C17H20O3/c1-13(11-18)12-20-17-8-4-15(5-9-17)10-14-2-6-16(19)7-3-14/h2-9,13,18-19H,10-12H2,1H3. The highest BCUT2D eigenvalue weighted by molar-refractivity contribution is 5.33. The van der Waals surface area contributed by atoms with Gasteiger partial charge >= 0.3 is 0 Å². The number of phenols is 1. The van der Waals surface area contributed by atoms with E-state index in [1.54, 1.807) is 12.1 Å². The molecule has 20 heavy (non-hydrogen) atoms. The van der Waals surface area contributed by atoms with Crippen LogP contribution in [0.2, 0.25) is 0 Å². The first-order chi connectivity index (χ1) is 9.67. The molecule has 106 valence electrons. The monoisotopic (exact) mass is 272 g/mol. The summed E-state index contributed by atoms with van der Waals surface area (Å²) in [6.07, 6.45) is 0.827. The number of phenolic OH excluding ortho intramolecular Hbond substituents is 1. The minimum Gasteiger partial charge on any atom is -0.508 e. The summed E-state index contributed by atoms with van der Waals surface area (Å²) in [5.41, 5.74) is 2.35. The lowest BCUT2D eigenvalue weighted by Crippen LogP contribution is -2.12. The summed E-state index contributed by atoms with van der Waals surface area (Å²) in [5, 5.41) is 18.2. The van der Waals surface area contributed by atoms with Crippen molar-refractivity contribution in [3.63, 3.8) is 0 Å². The lowest BCUT2D eigenvalue weighted by Gasteiger charge is -2.11. The zero-order valence-corrected chi connectivity index (χ0v) is 11.6. The van der Waals surface area contributed by atoms with Gasteiger partial charge in [0.25, 0.3) is 0 Å². The van der Waals surface area contributed by atoms with E-state index in [0.717, 1.165) is 17.7 Å². The molecule has 0 spiro atoms. The van der Waals surface area contributed by atoms with Crippen LogP contribution in [-0.2, 0) is 6.42 Å². The van der Waals surface area contributed by atoms with Crippen molar-refractivity contribution in [1.82, 2.24) is 0 Å². The van der Waals surface area contributed by atoms with E-state index in [1.165, 1.54) is 5.56 Å². The molecule has 0 saturated carbocycles. The maximum absolute atomic E-state index is 9.25. The molecular weight excluding hydrogens is 252 g/mol. The SMILES string of the molecule is CC(CO)COc1ccc(Cc2ccc(O)cc2)cc1. The van der Waals surface area contributed by atoms with E-state index < -0.39 is 0 Å². The minimum atomic E-state index is 0.138. The average Bonchev–Trinajstić information content (AvgIpc) is 2.48. The molecule has 2 aromatic carbocycles. The normalized spacial score (nSPS) is 12.1. The molecule has 0 amide bonds. The number of ether oxygens (including phenoxy) is 1. The molecule has 0 aliphatic carbocycles. The molecule has 3 heteroatoms. The first kappa shape index (κ1) is 14.4. The van der Waals surface area contributed by atoms with Gasteiger partial charge in [-0.15, -0.1) is 0 Å². The molecule has 0 bridgehead atoms. The molecule has 0 aliphatic rings. The summed E-state index contributed by atoms with van der Waals surface area (Å²) in [6.45, 7) is 2.60. The van der Waals surface area contributed by atoms with Gasteiger partial charge < -0.3 is 14.9 Å². The largest absolute Gasteiger partial charge is 0.508 e. The molecule has 0 aliphatic heterocycles. The van der Waals surface area contributed by atoms with Crippen molar-refractivity contribution < 1.29 is 14.9 Å². The van der Waals surface area contributed by atoms with Crippen LogP contribution in [0.3, 0.4) is 0 Å². The Bertz CT molecular complexity index is 517. The number of hydrogen-bond donors (Lipinski definition) is 2. The Labute approximate surface area is 119 Å². The van der Waals surface area contributed by atoms with E-state index in [0.29, 0.717) is 6.61 Å². The summed E-state index contributed by atoms with van der Waals surface area (Å²) in [7, 11) is 0. The van der Waals surface area contributed by atoms with Gasteiger partial charge in [0.2, 0.25) is 0 Å². The van der Waals surface area contributed by atoms with E-state index in [2.05, 4.69) is 0 Å². The molecule has 2 rings (SSSR count). The smallest absolute Gasteiger partial charge is 0.119 e. The van der Waals surface area contributed by atoms with Crippen LogP contribution in [0.25, 0.3) is 0 Å². The topological polar surface area (TPSA) is 49.7 Å². The van der Waals surface area contributed by atoms with Crippen molar-refractivity contribution in [3.8, 4) is 11.5 Å². The molecule has 1 unspecified atom stereocenters. The van der Waals surface area contributed by atoms with Crippen molar-refractivity contribution in [2.45, 2.75) is 13.3 Å². The van der Waals surface area contributed by atoms with Gasteiger partial charge in [-0.2, -0.15) is 0 Å². The van der Waals surface area contributed by atoms with Crippen LogP contribution in [-0.4, -0.2) is 23.4 Å². The zero-order valence-electron chi connectivity index (χ0n) is 11.6. The average molecular weight is 272 g/mol. The van der Waals surface area contributed by atoms with Crippen LogP contribution in [0.1, 0.15) is 18.1 Å². The van der Waals surface area contributed by atoms with Gasteiger partial charge in [-0.3, -0.25) is 0 Å². The van der Waals surface area contributed by atoms with Crippen LogP contribution in [0.15, 0.2) is 48.5 Å². The second kappa shape index (κ2) is 6.96. The Kier molecular flexibility index (Phi) is 5.02. The van der Waals surface area contributed by atoms with Crippen LogP contribution < -0.4 is 4.74 Å². The number of aliphatic hydroxyl groups excluding tert-OH is 1. The van der Waals surface area contributed by atoms with Crippen LogP contribution in [0.4, 0.5) is 0 Å². The van der Waals surface area contributed by atoms with Crippen molar-refractivity contribution in [3.05, 3.63) is 59.7 Å². The summed E-state index contributed by atoms with van der Waals surface area (Å²) in [6, 6.07) is 15.2. The lowest BCUT2D eigenvalue weighted by atomic mass is 10.0. The van der Waals surface area contributed by atoms with Gasteiger partial charge in [-0.1, -0.05) is 31.2 Å². The highest BCUT2D eigenvalue weighted by Crippen LogP contribution is 2.17. The Morgan fingerprint density at radius 2 is 1.50 bits per heavy atom. The molecule has 0 saturated heterocycles. The van der Waals surface area contributed by atoms with E-state index in [4.69, 9.17) is 9.84 Å². The molecule has 0 radical (unpaired) electrons. The van der Waals surface area contributed by atoms with Crippen molar-refractivity contribution in [2.24, 2.45) is 5.92 Å². The number of aromatic hydroxyl groups is 1. The highest BCUT2D eigenvalue weighted by Gasteiger charge is 2.02. The molecule has 0 aromatic heterocycles. The van der Waals surface area contributed by atoms with Crippen LogP contribution in [0, 0.1) is 5.92 Å². The second-order valence-electron chi connectivity index (χ2n) is 5.09. The molecule has 2 aromatic rings. The summed E-state index contributed by atoms with van der Waals surface area (Å²) >= 11 is 0. The van der Waals surface area contributed by atoms with E-state index in [-0.39, 0.29) is 18.3 Å². The molecule has 2 N–H and O–H groups in total. The Morgan fingerprint density at radius 1 is 0.950 bits per heavy atom. The number of benzene rings is 2. The fourth-order valence-electron chi connectivity index (χ4n) is 1.84. The maximum Gasteiger partial charge on any atom is 0.119 e. The third-order valence-electron chi connectivity index (χ3n) is 3.11. The Morgan fingerprint density at radius 3 is 2.05 bits per heavy atom. The van der Waals surface area contributed by atoms with Gasteiger partial charge in [0.05, 0.1) is 6.61 Å². The van der Waals surface area contributed by atoms with Crippen molar-refractivity contribution in [1.29, 1.82) is 0 Å². The third-order valence-corrected chi connectivity index (χ3v) is 3.11. The first-order valence-corrected chi connectivity index (χ1v) is 6.78. The maximum atomic E-state index is 9.25. The van der Waals surface area contributed by atoms with Gasteiger partial charge in [-0.05, 0) is 41.8 Å². The Balaban J connectivity index is 1.92. The fourth-order valence-corrected chi connectivity index (χ4v) is 1.84. The number of hydrogen-bond acceptors (Lipinski definition) is 3. The summed E-state index contributed by atoms with van der Waals surface area (Å²) in [5.74, 6) is 1.25. The minimum absolute atomic E-state index is 0.138. The fraction of sp³-hybridized carbons (Fsp3) is 0.294. The van der Waals surface area contributed by atoms with Crippen LogP contribution >= 0.6 is 0 Å². The van der Waals surface area contributed by atoms with Gasteiger partial charge in [-0.25, -0.2) is 0 Å². The predicted octanol–water partition coefficient (Wildman–Crippen LogP) is 2.99. The first-order valence-electron chi connectivity index (χ1n) is 6.78. The second-order valence-corrected chi connectivity index (χ2v) is 5.09. The van der Waals surface area contributed by atoms with E-state index >= 15 is 0 Å². The van der Waals surface area contributed by atoms with Gasteiger partial charge in [0.1, 0.15) is 11.5 Å². The number of aliphatic hydroxyl groups is 1. The third kappa shape index (κ3) is 4.28. The molecular formula is C17H20O3. The zero-order chi connectivity index (χ0) is 14.4. The van der Waals surface area contributed by atoms with E-state index in [1.807, 2.05) is 43.3 Å². The lowest BCUT2D eigenvalue weighted by molar-refractivity contribution is 0.174. The molecule has 0 fully saturated rings. The summed E-state index contributed by atoms with van der Waals surface area (Å²) < 4.78 is 5.59. The summed E-state index contributed by atoms with van der Waals surface area (Å²) in [4.78, 5) is 0. The van der Waals surface area contributed by atoms with Gasteiger partial charge in [0, 0.05) is 12.5 Å². The molecule has 0 heterocycles. The van der Waals surface area contributed by atoms with Gasteiger partial charge in [0.15, 0.2) is 0 Å². The van der Waals surface area contributed by atoms with Crippen molar-refractivity contribution >= 4 is 0 Å².